The van der Waals surface area contributed by atoms with Gasteiger partial charge in [-0.05, 0) is 78.6 Å². The van der Waals surface area contributed by atoms with E-state index in [-0.39, 0.29) is 11.7 Å². The molecule has 2 saturated carbocycles. The van der Waals surface area contributed by atoms with Crippen molar-refractivity contribution in [2.45, 2.75) is 133 Å². The van der Waals surface area contributed by atoms with E-state index in [1.807, 2.05) is 12.2 Å². The Morgan fingerprint density at radius 3 is 2.37 bits per heavy atom. The lowest BCUT2D eigenvalue weighted by Crippen LogP contribution is -2.54. The molecule has 3 atom stereocenters. The quantitative estimate of drug-likeness (QED) is 0.192. The second-order valence-corrected chi connectivity index (χ2v) is 16.2. The minimum atomic E-state index is -3.56. The highest BCUT2D eigenvalue weighted by atomic mass is 32.2. The molecule has 3 fully saturated rings. The van der Waals surface area contributed by atoms with Crippen molar-refractivity contribution in [3.05, 3.63) is 12.2 Å². The maximum atomic E-state index is 13.2. The molecular formula is C31H51N3O8S. The fourth-order valence-electron chi connectivity index (χ4n) is 6.07. The molecule has 43 heavy (non-hydrogen) atoms. The Labute approximate surface area is 256 Å². The molecule has 244 valence electrons. The van der Waals surface area contributed by atoms with E-state index in [4.69, 9.17) is 4.74 Å². The number of nitrogens with one attached hydrogen (secondary N) is 2. The normalized spacial score (nSPS) is 25.3. The number of ether oxygens (including phenoxy) is 1. The van der Waals surface area contributed by atoms with Crippen molar-refractivity contribution in [3.8, 4) is 0 Å². The van der Waals surface area contributed by atoms with E-state index in [2.05, 4.69) is 17.6 Å². The number of alkyl carbamates (subject to hydrolysis) is 1. The summed E-state index contributed by atoms with van der Waals surface area (Å²) < 4.78 is 30.6. The lowest BCUT2D eigenvalue weighted by atomic mass is 9.86. The zero-order valence-corrected chi connectivity index (χ0v) is 27.1. The monoisotopic (exact) mass is 625 g/mol. The summed E-state index contributed by atoms with van der Waals surface area (Å²) in [5.41, 5.74) is -2.51. The minimum Gasteiger partial charge on any atom is -0.479 e. The van der Waals surface area contributed by atoms with E-state index in [1.165, 1.54) is 11.3 Å². The molecule has 2 unspecified atom stereocenters. The fourth-order valence-corrected chi connectivity index (χ4v) is 7.54. The van der Waals surface area contributed by atoms with Gasteiger partial charge in [0.1, 0.15) is 23.7 Å². The van der Waals surface area contributed by atoms with Crippen molar-refractivity contribution in [1.29, 1.82) is 0 Å². The summed E-state index contributed by atoms with van der Waals surface area (Å²) in [4.78, 5) is 52.6. The van der Waals surface area contributed by atoms with Crippen LogP contribution in [-0.4, -0.2) is 83.1 Å². The fraction of sp³-hybridized carbons (Fsp3) is 0.806. The van der Waals surface area contributed by atoms with Crippen LogP contribution in [0.4, 0.5) is 4.79 Å². The number of rotatable bonds is 14. The summed E-state index contributed by atoms with van der Waals surface area (Å²) in [5.74, 6) is -2.66. The van der Waals surface area contributed by atoms with Crippen molar-refractivity contribution in [2.24, 2.45) is 5.92 Å². The first-order chi connectivity index (χ1) is 20.2. The molecule has 3 N–H and O–H groups in total. The van der Waals surface area contributed by atoms with E-state index in [0.29, 0.717) is 38.6 Å². The standard InChI is InChI=1S/C31H51N3O8S/c1-5-6-7-8-9-11-15-23-20-31(23,27(37)38)33-26(36)24-16-14-19-34(24)25(35)21-32-28(39)42-30(17-12-10-13-18-30)22-43(40,41)29(2,3)4/h11,15,23-24H,5-10,12-14,16-22H2,1-4H3,(H,32,39)(H,33,36)(H,37,38)/b15-11-/t23?,24?,31-/m1/s1. The van der Waals surface area contributed by atoms with E-state index >= 15 is 0 Å². The number of hydrogen-bond acceptors (Lipinski definition) is 7. The van der Waals surface area contributed by atoms with Gasteiger partial charge in [0.05, 0.1) is 10.5 Å². The van der Waals surface area contributed by atoms with Crippen LogP contribution in [0.2, 0.25) is 0 Å². The Balaban J connectivity index is 1.55. The smallest absolute Gasteiger partial charge is 0.408 e. The Bertz CT molecular complexity index is 1160. The average molecular weight is 626 g/mol. The SMILES string of the molecule is CCCCCC/C=C\C1C[C@]1(NC(=O)C1CCCN1C(=O)CNC(=O)OC1(CS(=O)(=O)C(C)(C)C)CCCCC1)C(=O)O. The maximum absolute atomic E-state index is 13.2. The molecule has 0 aromatic carbocycles. The van der Waals surface area contributed by atoms with Gasteiger partial charge < -0.3 is 25.4 Å². The first kappa shape index (κ1) is 34.9. The number of unbranched alkanes of at least 4 members (excludes halogenated alkanes) is 4. The van der Waals surface area contributed by atoms with E-state index < -0.39 is 62.2 Å². The molecule has 3 aliphatic rings. The molecule has 12 heteroatoms. The van der Waals surface area contributed by atoms with E-state index in [1.54, 1.807) is 20.8 Å². The molecule has 0 bridgehead atoms. The maximum Gasteiger partial charge on any atom is 0.408 e. The first-order valence-corrected chi connectivity index (χ1v) is 17.5. The zero-order chi connectivity index (χ0) is 31.9. The van der Waals surface area contributed by atoms with Gasteiger partial charge >= 0.3 is 12.1 Å². The van der Waals surface area contributed by atoms with Crippen molar-refractivity contribution < 1.29 is 37.4 Å². The highest BCUT2D eigenvalue weighted by Gasteiger charge is 2.61. The average Bonchev–Trinajstić information content (AvgIpc) is 3.39. The van der Waals surface area contributed by atoms with Crippen molar-refractivity contribution in [2.75, 3.05) is 18.8 Å². The lowest BCUT2D eigenvalue weighted by Gasteiger charge is -2.38. The van der Waals surface area contributed by atoms with Crippen LogP contribution in [0.3, 0.4) is 0 Å². The summed E-state index contributed by atoms with van der Waals surface area (Å²) in [6.45, 7) is 6.89. The number of carboxylic acid groups (broad SMARTS) is 1. The third kappa shape index (κ3) is 8.95. The number of hydrogen-bond donors (Lipinski definition) is 3. The molecule has 0 spiro atoms. The number of aliphatic carboxylic acids is 1. The lowest BCUT2D eigenvalue weighted by molar-refractivity contribution is -0.145. The summed E-state index contributed by atoms with van der Waals surface area (Å²) in [6, 6.07) is -0.831. The Morgan fingerprint density at radius 1 is 1.05 bits per heavy atom. The second-order valence-electron chi connectivity index (χ2n) is 13.5. The van der Waals surface area contributed by atoms with Gasteiger partial charge in [0.25, 0.3) is 0 Å². The number of amides is 3. The van der Waals surface area contributed by atoms with Crippen LogP contribution < -0.4 is 10.6 Å². The summed E-state index contributed by atoms with van der Waals surface area (Å²) >= 11 is 0. The molecule has 0 aromatic rings. The van der Waals surface area contributed by atoms with Crippen molar-refractivity contribution in [3.63, 3.8) is 0 Å². The predicted octanol–water partition coefficient (Wildman–Crippen LogP) is 4.11. The number of sulfone groups is 1. The third-order valence-electron chi connectivity index (χ3n) is 9.06. The zero-order valence-electron chi connectivity index (χ0n) is 26.3. The molecule has 0 aromatic heterocycles. The second kappa shape index (κ2) is 14.4. The summed E-state index contributed by atoms with van der Waals surface area (Å²) in [7, 11) is -3.56. The number of carbonyl (C=O) groups is 4. The molecular weight excluding hydrogens is 574 g/mol. The molecule has 2 aliphatic carbocycles. The van der Waals surface area contributed by atoms with Gasteiger partial charge in [0.2, 0.25) is 11.8 Å². The van der Waals surface area contributed by atoms with Gasteiger partial charge in [-0.2, -0.15) is 0 Å². The van der Waals surface area contributed by atoms with Crippen LogP contribution in [-0.2, 0) is 29.0 Å². The Kier molecular flexibility index (Phi) is 11.7. The Hall–Kier alpha value is -2.63. The summed E-state index contributed by atoms with van der Waals surface area (Å²) in [6.07, 6.45) is 12.9. The van der Waals surface area contributed by atoms with Crippen LogP contribution in [0, 0.1) is 5.92 Å². The van der Waals surface area contributed by atoms with Crippen LogP contribution in [0.25, 0.3) is 0 Å². The molecule has 3 amide bonds. The largest absolute Gasteiger partial charge is 0.479 e. The first-order valence-electron chi connectivity index (χ1n) is 15.9. The number of carboxylic acids is 1. The summed E-state index contributed by atoms with van der Waals surface area (Å²) in [5, 5.41) is 15.1. The van der Waals surface area contributed by atoms with Crippen LogP contribution in [0.15, 0.2) is 12.2 Å². The van der Waals surface area contributed by atoms with E-state index in [9.17, 15) is 32.7 Å². The Morgan fingerprint density at radius 2 is 1.74 bits per heavy atom. The number of allylic oxidation sites excluding steroid dienone is 1. The highest BCUT2D eigenvalue weighted by molar-refractivity contribution is 7.92. The molecule has 1 aliphatic heterocycles. The van der Waals surface area contributed by atoms with Crippen LogP contribution >= 0.6 is 0 Å². The number of carbonyl (C=O) groups excluding carboxylic acids is 3. The molecule has 1 heterocycles. The van der Waals surface area contributed by atoms with Gasteiger partial charge in [-0.15, -0.1) is 0 Å². The molecule has 3 rings (SSSR count). The minimum absolute atomic E-state index is 0.278. The number of likely N-dealkylation sites (tertiary alicyclic amines) is 1. The van der Waals surface area contributed by atoms with Crippen LogP contribution in [0.1, 0.15) is 111 Å². The van der Waals surface area contributed by atoms with Gasteiger partial charge in [0.15, 0.2) is 9.84 Å². The molecule has 0 radical (unpaired) electrons. The van der Waals surface area contributed by atoms with E-state index in [0.717, 1.165) is 44.9 Å². The van der Waals surface area contributed by atoms with Gasteiger partial charge in [0, 0.05) is 12.5 Å². The molecule has 1 saturated heterocycles. The van der Waals surface area contributed by atoms with Gasteiger partial charge in [-0.3, -0.25) is 9.59 Å². The van der Waals surface area contributed by atoms with Gasteiger partial charge in [-0.1, -0.05) is 44.8 Å². The third-order valence-corrected chi connectivity index (χ3v) is 11.8. The number of nitrogens with zero attached hydrogens (tertiary/aromatic N) is 1. The van der Waals surface area contributed by atoms with Crippen molar-refractivity contribution in [1.82, 2.24) is 15.5 Å². The van der Waals surface area contributed by atoms with Gasteiger partial charge in [-0.25, -0.2) is 18.0 Å². The highest BCUT2D eigenvalue weighted by Crippen LogP contribution is 2.45. The molecule has 11 nitrogen and oxygen atoms in total. The topological polar surface area (TPSA) is 159 Å². The van der Waals surface area contributed by atoms with Crippen molar-refractivity contribution >= 4 is 33.7 Å². The predicted molar refractivity (Wildman–Crippen MR) is 163 cm³/mol. The van der Waals surface area contributed by atoms with Crippen LogP contribution in [0.5, 0.6) is 0 Å².